The molecule has 0 radical (unpaired) electrons. The molecule has 0 spiro atoms. The van der Waals surface area contributed by atoms with E-state index in [1.54, 1.807) is 6.07 Å². The van der Waals surface area contributed by atoms with Crippen LogP contribution in [0, 0.1) is 0 Å². The number of nitrogens with zero attached hydrogens (tertiary/aromatic N) is 3. The van der Waals surface area contributed by atoms with Crippen molar-refractivity contribution in [1.82, 2.24) is 24.8 Å². The third-order valence-electron chi connectivity index (χ3n) is 5.23. The second kappa shape index (κ2) is 6.73. The Balaban J connectivity index is 1.61. The Labute approximate surface area is 147 Å². The summed E-state index contributed by atoms with van der Waals surface area (Å²) in [7, 11) is -2.39. The third-order valence-corrected chi connectivity index (χ3v) is 6.90. The van der Waals surface area contributed by atoms with Crippen LogP contribution >= 0.6 is 10.6 Å². The first-order chi connectivity index (χ1) is 12.0. The van der Waals surface area contributed by atoms with Gasteiger partial charge in [0.05, 0.1) is 23.4 Å². The van der Waals surface area contributed by atoms with Gasteiger partial charge in [-0.15, -0.1) is 0 Å². The summed E-state index contributed by atoms with van der Waals surface area (Å²) in [5.74, 6) is 1.19. The standard InChI is InChI=1S/C16H25N5O3S/c22-15-9-14(12-1-3-17-4-2-12)21-16(19-15)13(10-18-21)11-20-5-7-25(23,24)8-6-20/h9-10,12,17,23-24H,1-8,11H2,(H,19,22). The van der Waals surface area contributed by atoms with Crippen LogP contribution in [0.4, 0.5) is 0 Å². The lowest BCUT2D eigenvalue weighted by Gasteiger charge is -2.40. The zero-order valence-corrected chi connectivity index (χ0v) is 15.0. The topological polar surface area (TPSA) is 106 Å². The van der Waals surface area contributed by atoms with Gasteiger partial charge in [-0.3, -0.25) is 18.8 Å². The highest BCUT2D eigenvalue weighted by Gasteiger charge is 2.24. The minimum atomic E-state index is -2.39. The number of fused-ring (bicyclic) bond motifs is 1. The van der Waals surface area contributed by atoms with E-state index >= 15 is 0 Å². The van der Waals surface area contributed by atoms with Gasteiger partial charge in [0.25, 0.3) is 5.56 Å². The van der Waals surface area contributed by atoms with E-state index in [0.29, 0.717) is 37.1 Å². The lowest BCUT2D eigenvalue weighted by atomic mass is 9.94. The van der Waals surface area contributed by atoms with Crippen LogP contribution in [0.25, 0.3) is 5.65 Å². The average molecular weight is 367 g/mol. The summed E-state index contributed by atoms with van der Waals surface area (Å²) in [5.41, 5.74) is 2.64. The lowest BCUT2D eigenvalue weighted by Crippen LogP contribution is -2.37. The van der Waals surface area contributed by atoms with Crippen LogP contribution < -0.4 is 10.9 Å². The van der Waals surface area contributed by atoms with Gasteiger partial charge >= 0.3 is 0 Å². The Morgan fingerprint density at radius 1 is 1.24 bits per heavy atom. The number of aromatic nitrogens is 3. The van der Waals surface area contributed by atoms with Crippen LogP contribution in [0.3, 0.4) is 0 Å². The van der Waals surface area contributed by atoms with E-state index in [9.17, 15) is 13.9 Å². The predicted octanol–water partition coefficient (Wildman–Crippen LogP) is 1.06. The third kappa shape index (κ3) is 3.61. The minimum absolute atomic E-state index is 0.0874. The molecule has 0 aliphatic carbocycles. The quantitative estimate of drug-likeness (QED) is 0.646. The molecule has 8 nitrogen and oxygen atoms in total. The number of rotatable bonds is 3. The van der Waals surface area contributed by atoms with Crippen molar-refractivity contribution in [2.24, 2.45) is 0 Å². The summed E-state index contributed by atoms with van der Waals surface area (Å²) >= 11 is 0. The molecule has 2 aromatic rings. The van der Waals surface area contributed by atoms with Crippen molar-refractivity contribution in [3.63, 3.8) is 0 Å². The van der Waals surface area contributed by atoms with Crippen LogP contribution in [-0.4, -0.2) is 66.3 Å². The smallest absolute Gasteiger partial charge is 0.251 e. The van der Waals surface area contributed by atoms with E-state index < -0.39 is 10.6 Å². The summed E-state index contributed by atoms with van der Waals surface area (Å²) < 4.78 is 21.4. The molecule has 9 heteroatoms. The number of hydrogen-bond donors (Lipinski definition) is 4. The molecule has 0 saturated carbocycles. The molecule has 0 bridgehead atoms. The van der Waals surface area contributed by atoms with Crippen molar-refractivity contribution in [3.05, 3.63) is 33.9 Å². The fraction of sp³-hybridized carbons (Fsp3) is 0.625. The summed E-state index contributed by atoms with van der Waals surface area (Å²) in [6.45, 7) is 3.89. The first kappa shape index (κ1) is 17.0. The van der Waals surface area contributed by atoms with Crippen molar-refractivity contribution >= 4 is 16.2 Å². The molecule has 2 saturated heterocycles. The molecule has 4 rings (SSSR count). The molecule has 0 amide bonds. The average Bonchev–Trinajstić information content (AvgIpc) is 2.99. The van der Waals surface area contributed by atoms with Crippen molar-refractivity contribution in [3.8, 4) is 0 Å². The maximum absolute atomic E-state index is 12.2. The number of aromatic amines is 1. The van der Waals surface area contributed by atoms with Crippen molar-refractivity contribution < 1.29 is 9.11 Å². The fourth-order valence-electron chi connectivity index (χ4n) is 3.75. The Morgan fingerprint density at radius 2 is 1.96 bits per heavy atom. The Hall–Kier alpha value is -1.39. The van der Waals surface area contributed by atoms with Gasteiger partial charge in [-0.05, 0) is 25.9 Å². The first-order valence-electron chi connectivity index (χ1n) is 8.78. The van der Waals surface area contributed by atoms with Crippen molar-refractivity contribution in [2.45, 2.75) is 25.3 Å². The zero-order chi connectivity index (χ0) is 17.4. The Bertz CT molecular complexity index is 802. The van der Waals surface area contributed by atoms with E-state index in [0.717, 1.165) is 42.8 Å². The van der Waals surface area contributed by atoms with Crippen LogP contribution in [0.15, 0.2) is 17.1 Å². The second-order valence-corrected chi connectivity index (χ2v) is 9.42. The van der Waals surface area contributed by atoms with Gasteiger partial charge < -0.3 is 10.3 Å². The lowest BCUT2D eigenvalue weighted by molar-refractivity contribution is 0.278. The van der Waals surface area contributed by atoms with Gasteiger partial charge in [-0.25, -0.2) is 4.52 Å². The Kier molecular flexibility index (Phi) is 4.59. The minimum Gasteiger partial charge on any atom is -0.317 e. The van der Waals surface area contributed by atoms with E-state index in [1.807, 2.05) is 10.7 Å². The largest absolute Gasteiger partial charge is 0.317 e. The molecular weight excluding hydrogens is 342 g/mol. The summed E-state index contributed by atoms with van der Waals surface area (Å²) in [6, 6.07) is 1.68. The first-order valence-corrected chi connectivity index (χ1v) is 10.7. The molecule has 2 aliphatic heterocycles. The molecule has 0 unspecified atom stereocenters. The van der Waals surface area contributed by atoms with E-state index in [4.69, 9.17) is 0 Å². The van der Waals surface area contributed by atoms with Crippen LogP contribution in [-0.2, 0) is 6.54 Å². The summed E-state index contributed by atoms with van der Waals surface area (Å²) in [4.78, 5) is 17.3. The molecule has 0 aromatic carbocycles. The predicted molar refractivity (Wildman–Crippen MR) is 98.5 cm³/mol. The maximum Gasteiger partial charge on any atom is 0.251 e. The molecule has 4 heterocycles. The highest BCUT2D eigenvalue weighted by Crippen LogP contribution is 2.40. The summed E-state index contributed by atoms with van der Waals surface area (Å²) in [6.07, 6.45) is 3.85. The van der Waals surface area contributed by atoms with Gasteiger partial charge in [0.1, 0.15) is 5.65 Å². The molecule has 2 fully saturated rings. The monoisotopic (exact) mass is 367 g/mol. The Morgan fingerprint density at radius 3 is 2.68 bits per heavy atom. The summed E-state index contributed by atoms with van der Waals surface area (Å²) in [5, 5.41) is 7.89. The SMILES string of the molecule is O=c1cc(C2CCNCC2)n2ncc(CN3CCS(O)(O)CC3)c2[nH]1. The van der Waals surface area contributed by atoms with Gasteiger partial charge in [0.2, 0.25) is 0 Å². The van der Waals surface area contributed by atoms with Crippen LogP contribution in [0.1, 0.15) is 30.0 Å². The molecule has 138 valence electrons. The van der Waals surface area contributed by atoms with E-state index in [-0.39, 0.29) is 5.56 Å². The van der Waals surface area contributed by atoms with Crippen molar-refractivity contribution in [1.29, 1.82) is 0 Å². The number of H-pyrrole nitrogens is 1. The molecule has 25 heavy (non-hydrogen) atoms. The number of nitrogens with one attached hydrogen (secondary N) is 2. The zero-order valence-electron chi connectivity index (χ0n) is 14.1. The van der Waals surface area contributed by atoms with Crippen molar-refractivity contribution in [2.75, 3.05) is 37.7 Å². The molecule has 2 aromatic heterocycles. The normalized spacial score (nSPS) is 23.8. The number of piperidine rings is 1. The van der Waals surface area contributed by atoms with Gasteiger partial charge in [0.15, 0.2) is 0 Å². The van der Waals surface area contributed by atoms with Crippen LogP contribution in [0.2, 0.25) is 0 Å². The van der Waals surface area contributed by atoms with Gasteiger partial charge in [0, 0.05) is 37.2 Å². The molecular formula is C16H25N5O3S. The van der Waals surface area contributed by atoms with Gasteiger partial charge in [-0.2, -0.15) is 15.7 Å². The highest BCUT2D eigenvalue weighted by atomic mass is 32.3. The van der Waals surface area contributed by atoms with Crippen LogP contribution in [0.5, 0.6) is 0 Å². The highest BCUT2D eigenvalue weighted by molar-refractivity contribution is 8.24. The molecule has 0 atom stereocenters. The molecule has 4 N–H and O–H groups in total. The van der Waals surface area contributed by atoms with Gasteiger partial charge in [-0.1, -0.05) is 0 Å². The molecule has 2 aliphatic rings. The fourth-order valence-corrected chi connectivity index (χ4v) is 5.05. The van der Waals surface area contributed by atoms with E-state index in [2.05, 4.69) is 20.3 Å². The van der Waals surface area contributed by atoms with E-state index in [1.165, 1.54) is 0 Å². The second-order valence-electron chi connectivity index (χ2n) is 7.00. The number of hydrogen-bond acceptors (Lipinski definition) is 6. The maximum atomic E-state index is 12.2.